The predicted molar refractivity (Wildman–Crippen MR) is 98.8 cm³/mol. The number of aliphatic hydroxyl groups is 3. The molecule has 2 fully saturated rings. The van der Waals surface area contributed by atoms with Gasteiger partial charge in [-0.3, -0.25) is 9.69 Å². The number of nitrogens with two attached hydrogens (primary N) is 2. The average molecular weight is 407 g/mol. The second-order valence-electron chi connectivity index (χ2n) is 6.34. The minimum absolute atomic E-state index is 0.180. The number of carbonyl (C=O) groups excluding carboxylic acids is 1. The van der Waals surface area contributed by atoms with Crippen molar-refractivity contribution in [1.29, 1.82) is 0 Å². The van der Waals surface area contributed by atoms with Crippen molar-refractivity contribution in [2.24, 2.45) is 11.6 Å². The number of nitrogens with one attached hydrogen (secondary N) is 1. The number of morpholine rings is 1. The monoisotopic (exact) mass is 407 g/mol. The smallest absolute Gasteiger partial charge is 0.268 e. The fourth-order valence-electron chi connectivity index (χ4n) is 2.94. The fourth-order valence-corrected chi connectivity index (χ4v) is 3.60. The summed E-state index contributed by atoms with van der Waals surface area (Å²) in [4.78, 5) is 14.3. The summed E-state index contributed by atoms with van der Waals surface area (Å²) < 4.78 is 10.4. The van der Waals surface area contributed by atoms with Crippen molar-refractivity contribution in [3.05, 3.63) is 11.9 Å². The lowest BCUT2D eigenvalue weighted by Crippen LogP contribution is -2.63. The molecular formula is C15H29N5O6S. The van der Waals surface area contributed by atoms with Crippen molar-refractivity contribution >= 4 is 17.7 Å². The molecule has 2 heterocycles. The maximum atomic E-state index is 12.1. The van der Waals surface area contributed by atoms with E-state index < -0.39 is 35.9 Å². The first kappa shape index (κ1) is 22.2. The van der Waals surface area contributed by atoms with Crippen LogP contribution in [-0.4, -0.2) is 107 Å². The molecule has 5 unspecified atom stereocenters. The molecule has 156 valence electrons. The molecule has 0 aromatic carbocycles. The Labute approximate surface area is 162 Å². The number of hydrazine groups is 1. The van der Waals surface area contributed by atoms with Crippen molar-refractivity contribution in [3.8, 4) is 0 Å². The van der Waals surface area contributed by atoms with E-state index >= 15 is 0 Å². The summed E-state index contributed by atoms with van der Waals surface area (Å²) >= 11 is 1.16. The summed E-state index contributed by atoms with van der Waals surface area (Å²) in [5, 5.41) is 33.8. The molecule has 0 saturated carbocycles. The Bertz CT molecular complexity index is 521. The molecule has 0 aliphatic carbocycles. The van der Waals surface area contributed by atoms with E-state index in [0.29, 0.717) is 26.3 Å². The van der Waals surface area contributed by atoms with Gasteiger partial charge < -0.3 is 40.9 Å². The largest absolute Gasteiger partial charge is 0.393 e. The van der Waals surface area contributed by atoms with Crippen LogP contribution in [0, 0.1) is 0 Å². The molecule has 2 rings (SSSR count). The summed E-state index contributed by atoms with van der Waals surface area (Å²) in [5.41, 5.74) is 4.81. The summed E-state index contributed by atoms with van der Waals surface area (Å²) in [6, 6.07) is -1.09. The first-order valence-corrected chi connectivity index (χ1v) is 9.95. The van der Waals surface area contributed by atoms with Gasteiger partial charge in [-0.25, -0.2) is 5.84 Å². The van der Waals surface area contributed by atoms with Crippen LogP contribution in [0.1, 0.15) is 0 Å². The normalized spacial score (nSPS) is 32.9. The highest BCUT2D eigenvalue weighted by atomic mass is 32.2. The van der Waals surface area contributed by atoms with Gasteiger partial charge in [0.15, 0.2) is 6.29 Å². The van der Waals surface area contributed by atoms with Crippen molar-refractivity contribution in [1.82, 2.24) is 15.2 Å². The van der Waals surface area contributed by atoms with Crippen LogP contribution in [0.4, 0.5) is 0 Å². The third-order valence-corrected chi connectivity index (χ3v) is 5.34. The molecule has 1 amide bonds. The van der Waals surface area contributed by atoms with Crippen molar-refractivity contribution in [2.45, 2.75) is 30.0 Å². The SMILES string of the molecule is CSC1OC(O)C(O)C(N(N)/C=C(\N)C(=O)NCCN2CCOCC2)C1O. The van der Waals surface area contributed by atoms with Crippen LogP contribution in [0.15, 0.2) is 11.9 Å². The van der Waals surface area contributed by atoms with E-state index in [0.717, 1.165) is 36.1 Å². The number of hydrogen-bond donors (Lipinski definition) is 6. The molecule has 5 atom stereocenters. The molecule has 2 saturated heterocycles. The fraction of sp³-hybridized carbons (Fsp3) is 0.800. The lowest BCUT2D eigenvalue weighted by atomic mass is 10.0. The van der Waals surface area contributed by atoms with E-state index in [2.05, 4.69) is 10.2 Å². The molecule has 0 aromatic heterocycles. The lowest BCUT2D eigenvalue weighted by molar-refractivity contribution is -0.246. The molecule has 27 heavy (non-hydrogen) atoms. The standard InChI is InChI=1S/C15H29N5O6S/c1-27-15-12(22)10(11(21)14(24)26-15)20(17)8-9(16)13(23)18-2-3-19-4-6-25-7-5-19/h8,10-12,14-15,21-22,24H,2-7,16-17H2,1H3,(H,18,23)/b9-8-. The van der Waals surface area contributed by atoms with E-state index in [4.69, 9.17) is 21.1 Å². The van der Waals surface area contributed by atoms with Gasteiger partial charge in [-0.15, -0.1) is 11.8 Å². The van der Waals surface area contributed by atoms with Gasteiger partial charge >= 0.3 is 0 Å². The zero-order chi connectivity index (χ0) is 20.0. The quantitative estimate of drug-likeness (QED) is 0.141. The van der Waals surface area contributed by atoms with Crippen molar-refractivity contribution in [2.75, 3.05) is 45.6 Å². The molecule has 0 aromatic rings. The van der Waals surface area contributed by atoms with Gasteiger partial charge in [0.1, 0.15) is 29.4 Å². The van der Waals surface area contributed by atoms with E-state index in [9.17, 15) is 20.1 Å². The van der Waals surface area contributed by atoms with Crippen LogP contribution >= 0.6 is 11.8 Å². The van der Waals surface area contributed by atoms with Gasteiger partial charge in [0.2, 0.25) is 0 Å². The molecule has 0 radical (unpaired) electrons. The lowest BCUT2D eigenvalue weighted by Gasteiger charge is -2.43. The minimum atomic E-state index is -1.51. The number of thioether (sulfide) groups is 1. The highest BCUT2D eigenvalue weighted by Crippen LogP contribution is 2.28. The third kappa shape index (κ3) is 5.93. The van der Waals surface area contributed by atoms with E-state index in [1.54, 1.807) is 6.26 Å². The molecular weight excluding hydrogens is 378 g/mol. The predicted octanol–water partition coefficient (Wildman–Crippen LogP) is -3.46. The Kier molecular flexibility index (Phi) is 8.57. The van der Waals surface area contributed by atoms with Gasteiger partial charge in [0, 0.05) is 32.4 Å². The van der Waals surface area contributed by atoms with Gasteiger partial charge in [0.25, 0.3) is 5.91 Å². The molecule has 12 heteroatoms. The van der Waals surface area contributed by atoms with Crippen LogP contribution in [0.2, 0.25) is 0 Å². The Morgan fingerprint density at radius 3 is 2.63 bits per heavy atom. The molecule has 2 aliphatic rings. The van der Waals surface area contributed by atoms with Crippen LogP contribution in [0.25, 0.3) is 0 Å². The van der Waals surface area contributed by atoms with Gasteiger partial charge in [-0.1, -0.05) is 0 Å². The van der Waals surface area contributed by atoms with E-state index in [1.165, 1.54) is 0 Å². The third-order valence-electron chi connectivity index (χ3n) is 4.49. The van der Waals surface area contributed by atoms with E-state index in [-0.39, 0.29) is 5.70 Å². The highest BCUT2D eigenvalue weighted by molar-refractivity contribution is 7.99. The zero-order valence-corrected chi connectivity index (χ0v) is 16.0. The summed E-state index contributed by atoms with van der Waals surface area (Å²) in [6.45, 7) is 4.07. The second kappa shape index (κ2) is 10.4. The van der Waals surface area contributed by atoms with Crippen LogP contribution in [-0.2, 0) is 14.3 Å². The molecule has 0 bridgehead atoms. The maximum Gasteiger partial charge on any atom is 0.268 e. The molecule has 2 aliphatic heterocycles. The first-order chi connectivity index (χ1) is 12.8. The topological polar surface area (TPSA) is 167 Å². The van der Waals surface area contributed by atoms with Gasteiger partial charge in [-0.2, -0.15) is 0 Å². The van der Waals surface area contributed by atoms with Gasteiger partial charge in [0.05, 0.1) is 13.2 Å². The Morgan fingerprint density at radius 1 is 1.33 bits per heavy atom. The molecule has 11 nitrogen and oxygen atoms in total. The zero-order valence-electron chi connectivity index (χ0n) is 15.2. The number of nitrogens with zero attached hydrogens (tertiary/aromatic N) is 2. The first-order valence-electron chi connectivity index (χ1n) is 8.66. The summed E-state index contributed by atoms with van der Waals surface area (Å²) in [6.07, 6.45) is -1.38. The number of rotatable bonds is 7. The van der Waals surface area contributed by atoms with Crippen LogP contribution in [0.3, 0.4) is 0 Å². The van der Waals surface area contributed by atoms with Crippen LogP contribution < -0.4 is 16.9 Å². The molecule has 8 N–H and O–H groups in total. The van der Waals surface area contributed by atoms with Crippen LogP contribution in [0.5, 0.6) is 0 Å². The van der Waals surface area contributed by atoms with Crippen molar-refractivity contribution in [3.63, 3.8) is 0 Å². The Morgan fingerprint density at radius 2 is 2.00 bits per heavy atom. The Balaban J connectivity index is 1.89. The number of hydrogen-bond acceptors (Lipinski definition) is 11. The number of carbonyl (C=O) groups is 1. The minimum Gasteiger partial charge on any atom is -0.393 e. The summed E-state index contributed by atoms with van der Waals surface area (Å²) in [7, 11) is 0. The van der Waals surface area contributed by atoms with Gasteiger partial charge in [-0.05, 0) is 6.26 Å². The Hall–Kier alpha value is -1.12. The van der Waals surface area contributed by atoms with Crippen molar-refractivity contribution < 1.29 is 29.6 Å². The highest BCUT2D eigenvalue weighted by Gasteiger charge is 2.45. The molecule has 0 spiro atoms. The maximum absolute atomic E-state index is 12.1. The number of ether oxygens (including phenoxy) is 2. The average Bonchev–Trinajstić information content (AvgIpc) is 2.65. The van der Waals surface area contributed by atoms with E-state index in [1.807, 2.05) is 0 Å². The number of aliphatic hydroxyl groups excluding tert-OH is 3. The summed E-state index contributed by atoms with van der Waals surface area (Å²) in [5.74, 6) is 5.35. The second-order valence-corrected chi connectivity index (χ2v) is 7.28. The number of amides is 1.